The molecule has 1 heterocycles. The Hall–Kier alpha value is -3.19. The van der Waals surface area contributed by atoms with Crippen LogP contribution in [0.25, 0.3) is 10.9 Å². The zero-order valence-corrected chi connectivity index (χ0v) is 17.3. The second kappa shape index (κ2) is 9.34. The number of rotatable bonds is 8. The Labute approximate surface area is 170 Å². The van der Waals surface area contributed by atoms with Crippen LogP contribution in [-0.4, -0.2) is 43.1 Å². The number of ether oxygens (including phenoxy) is 1. The first kappa shape index (κ1) is 20.5. The number of anilines is 2. The topological polar surface area (TPSA) is 71.8 Å². The summed E-state index contributed by atoms with van der Waals surface area (Å²) in [4.78, 5) is 19.6. The van der Waals surface area contributed by atoms with Crippen molar-refractivity contribution in [3.63, 3.8) is 0 Å². The number of fused-ring (bicyclic) bond motifs is 1. The van der Waals surface area contributed by atoms with E-state index in [2.05, 4.69) is 15.5 Å². The summed E-state index contributed by atoms with van der Waals surface area (Å²) in [5, 5.41) is 5.07. The van der Waals surface area contributed by atoms with Crippen molar-refractivity contribution in [1.29, 1.82) is 0 Å². The second-order valence-corrected chi connectivity index (χ2v) is 7.01. The number of nitrogens with zero attached hydrogens (tertiary/aromatic N) is 4. The lowest BCUT2D eigenvalue weighted by Gasteiger charge is -2.14. The third-order valence-electron chi connectivity index (χ3n) is 4.72. The van der Waals surface area contributed by atoms with Gasteiger partial charge >= 0.3 is 0 Å². The molecule has 3 aromatic rings. The lowest BCUT2D eigenvalue weighted by molar-refractivity contribution is 0.190. The predicted molar refractivity (Wildman–Crippen MR) is 119 cm³/mol. The van der Waals surface area contributed by atoms with Gasteiger partial charge in [-0.3, -0.25) is 9.36 Å². The summed E-state index contributed by atoms with van der Waals surface area (Å²) in [6.07, 6.45) is 0.708. The molecule has 7 heteroatoms. The van der Waals surface area contributed by atoms with Crippen LogP contribution in [0.3, 0.4) is 0 Å². The molecule has 0 unspecified atom stereocenters. The van der Waals surface area contributed by atoms with Gasteiger partial charge in [0.1, 0.15) is 0 Å². The molecule has 0 fully saturated rings. The van der Waals surface area contributed by atoms with Crippen molar-refractivity contribution < 1.29 is 4.74 Å². The van der Waals surface area contributed by atoms with E-state index in [-0.39, 0.29) is 5.56 Å². The molecule has 0 bridgehead atoms. The zero-order chi connectivity index (χ0) is 20.8. The first-order valence-electron chi connectivity index (χ1n) is 9.58. The lowest BCUT2D eigenvalue weighted by atomic mass is 10.1. The lowest BCUT2D eigenvalue weighted by Crippen LogP contribution is -2.25. The highest BCUT2D eigenvalue weighted by atomic mass is 16.5. The number of methoxy groups -OCH3 is 1. The minimum Gasteiger partial charge on any atom is -0.385 e. The van der Waals surface area contributed by atoms with Gasteiger partial charge in [0.05, 0.1) is 16.6 Å². The fraction of sp³-hybridized carbons (Fsp3) is 0.318. The van der Waals surface area contributed by atoms with Crippen molar-refractivity contribution in [2.45, 2.75) is 19.9 Å². The number of nitrogens with one attached hydrogen (secondary N) is 1. The van der Waals surface area contributed by atoms with Crippen molar-refractivity contribution in [2.24, 2.45) is 5.10 Å². The minimum atomic E-state index is -0.0857. The van der Waals surface area contributed by atoms with Crippen LogP contribution < -0.4 is 15.9 Å². The minimum absolute atomic E-state index is 0.0857. The Balaban J connectivity index is 1.92. The van der Waals surface area contributed by atoms with E-state index in [0.717, 1.165) is 17.0 Å². The summed E-state index contributed by atoms with van der Waals surface area (Å²) in [5.41, 5.74) is 6.48. The molecule has 29 heavy (non-hydrogen) atoms. The molecular formula is C22H27N5O2. The van der Waals surface area contributed by atoms with Crippen LogP contribution in [0.4, 0.5) is 11.6 Å². The van der Waals surface area contributed by atoms with Gasteiger partial charge in [0.15, 0.2) is 0 Å². The van der Waals surface area contributed by atoms with Gasteiger partial charge in [-0.05, 0) is 43.2 Å². The van der Waals surface area contributed by atoms with Crippen LogP contribution in [0.15, 0.2) is 58.4 Å². The largest absolute Gasteiger partial charge is 0.385 e. The van der Waals surface area contributed by atoms with Gasteiger partial charge < -0.3 is 9.64 Å². The van der Waals surface area contributed by atoms with E-state index in [0.29, 0.717) is 36.4 Å². The van der Waals surface area contributed by atoms with E-state index in [4.69, 9.17) is 4.74 Å². The third kappa shape index (κ3) is 4.81. The van der Waals surface area contributed by atoms with Crippen molar-refractivity contribution >= 4 is 28.3 Å². The summed E-state index contributed by atoms with van der Waals surface area (Å²) < 4.78 is 6.74. The van der Waals surface area contributed by atoms with Crippen molar-refractivity contribution in [2.75, 3.05) is 38.1 Å². The quantitative estimate of drug-likeness (QED) is 0.361. The second-order valence-electron chi connectivity index (χ2n) is 7.01. The summed E-state index contributed by atoms with van der Waals surface area (Å²) >= 11 is 0. The monoisotopic (exact) mass is 393 g/mol. The van der Waals surface area contributed by atoms with Crippen LogP contribution in [0.2, 0.25) is 0 Å². The van der Waals surface area contributed by atoms with Crippen LogP contribution >= 0.6 is 0 Å². The van der Waals surface area contributed by atoms with Gasteiger partial charge in [0.25, 0.3) is 5.56 Å². The SMILES string of the molecule is COCCCn1c(N/N=C(/C)c2ccc(N(C)C)cc2)nc2ccccc2c1=O. The molecule has 0 spiro atoms. The van der Waals surface area contributed by atoms with Crippen LogP contribution in [0, 0.1) is 0 Å². The zero-order valence-electron chi connectivity index (χ0n) is 17.3. The molecule has 0 saturated carbocycles. The molecule has 152 valence electrons. The van der Waals surface area contributed by atoms with Crippen molar-refractivity contribution in [1.82, 2.24) is 9.55 Å². The van der Waals surface area contributed by atoms with Crippen LogP contribution in [0.1, 0.15) is 18.9 Å². The Morgan fingerprint density at radius 3 is 2.59 bits per heavy atom. The number of hydrogen-bond acceptors (Lipinski definition) is 6. The molecule has 0 atom stereocenters. The van der Waals surface area contributed by atoms with Crippen molar-refractivity contribution in [3.8, 4) is 0 Å². The molecule has 0 radical (unpaired) electrons. The van der Waals surface area contributed by atoms with Crippen LogP contribution in [-0.2, 0) is 11.3 Å². The Morgan fingerprint density at radius 2 is 1.90 bits per heavy atom. The maximum atomic E-state index is 12.9. The highest BCUT2D eigenvalue weighted by Crippen LogP contribution is 2.14. The Bertz CT molecular complexity index is 1050. The average molecular weight is 393 g/mol. The van der Waals surface area contributed by atoms with Gasteiger partial charge in [-0.15, -0.1) is 0 Å². The van der Waals surface area contributed by atoms with Gasteiger partial charge in [-0.25, -0.2) is 10.4 Å². The van der Waals surface area contributed by atoms with Gasteiger partial charge in [0, 0.05) is 40.0 Å². The fourth-order valence-corrected chi connectivity index (χ4v) is 3.03. The molecule has 7 nitrogen and oxygen atoms in total. The summed E-state index contributed by atoms with van der Waals surface area (Å²) in [5.74, 6) is 0.425. The van der Waals surface area contributed by atoms with E-state index < -0.39 is 0 Å². The molecular weight excluding hydrogens is 366 g/mol. The maximum Gasteiger partial charge on any atom is 0.262 e. The number of para-hydroxylation sites is 1. The van der Waals surface area contributed by atoms with E-state index in [1.165, 1.54) is 0 Å². The Kier molecular flexibility index (Phi) is 6.61. The molecule has 3 rings (SSSR count). The highest BCUT2D eigenvalue weighted by molar-refractivity contribution is 5.99. The Morgan fingerprint density at radius 1 is 1.17 bits per heavy atom. The summed E-state index contributed by atoms with van der Waals surface area (Å²) in [6.45, 7) is 2.99. The first-order valence-corrected chi connectivity index (χ1v) is 9.58. The molecule has 0 aliphatic heterocycles. The average Bonchev–Trinajstić information content (AvgIpc) is 2.74. The molecule has 2 aromatic carbocycles. The van der Waals surface area contributed by atoms with E-state index in [1.54, 1.807) is 17.7 Å². The highest BCUT2D eigenvalue weighted by Gasteiger charge is 2.10. The molecule has 1 N–H and O–H groups in total. The fourth-order valence-electron chi connectivity index (χ4n) is 3.03. The molecule has 0 aliphatic carbocycles. The first-order chi connectivity index (χ1) is 14.0. The van der Waals surface area contributed by atoms with Gasteiger partial charge in [-0.1, -0.05) is 24.3 Å². The number of hydrazone groups is 1. The van der Waals surface area contributed by atoms with Gasteiger partial charge in [-0.2, -0.15) is 5.10 Å². The molecule has 0 saturated heterocycles. The smallest absolute Gasteiger partial charge is 0.262 e. The molecule has 0 amide bonds. The molecule has 1 aromatic heterocycles. The van der Waals surface area contributed by atoms with E-state index in [1.807, 2.05) is 68.4 Å². The number of aromatic nitrogens is 2. The standard InChI is InChI=1S/C22H27N5O2/c1-16(17-10-12-18(13-11-17)26(2)3)24-25-22-23-20-9-6-5-8-19(20)21(28)27(22)14-7-15-29-4/h5-6,8-13H,7,14-15H2,1-4H3,(H,23,25)/b24-16-. The number of hydrogen-bond donors (Lipinski definition) is 1. The summed E-state index contributed by atoms with van der Waals surface area (Å²) in [6, 6.07) is 15.5. The summed E-state index contributed by atoms with van der Waals surface area (Å²) in [7, 11) is 5.66. The maximum absolute atomic E-state index is 12.9. The molecule has 0 aliphatic rings. The van der Waals surface area contributed by atoms with Crippen LogP contribution in [0.5, 0.6) is 0 Å². The third-order valence-corrected chi connectivity index (χ3v) is 4.72. The van der Waals surface area contributed by atoms with E-state index >= 15 is 0 Å². The normalized spacial score (nSPS) is 11.7. The van der Waals surface area contributed by atoms with E-state index in [9.17, 15) is 4.79 Å². The van der Waals surface area contributed by atoms with Crippen molar-refractivity contribution in [3.05, 3.63) is 64.4 Å². The van der Waals surface area contributed by atoms with Gasteiger partial charge in [0.2, 0.25) is 5.95 Å². The number of benzene rings is 2. The predicted octanol–water partition coefficient (Wildman–Crippen LogP) is 3.34.